The molecule has 1 aliphatic heterocycles. The largest absolute Gasteiger partial charge is 0.497 e. The Morgan fingerprint density at radius 2 is 1.79 bits per heavy atom. The molecule has 4 rings (SSSR count). The van der Waals surface area contributed by atoms with E-state index < -0.39 is 11.9 Å². The maximum atomic E-state index is 12.9. The Morgan fingerprint density at radius 1 is 1.03 bits per heavy atom. The molecule has 0 spiro atoms. The first-order chi connectivity index (χ1) is 18.7. The van der Waals surface area contributed by atoms with Gasteiger partial charge in [-0.3, -0.25) is 15.0 Å². The third-order valence-corrected chi connectivity index (χ3v) is 6.72. The summed E-state index contributed by atoms with van der Waals surface area (Å²) in [6, 6.07) is 15.6. The zero-order valence-corrected chi connectivity index (χ0v) is 21.5. The third-order valence-electron chi connectivity index (χ3n) is 6.72. The quantitative estimate of drug-likeness (QED) is 0.143. The summed E-state index contributed by atoms with van der Waals surface area (Å²) in [4.78, 5) is 38.0. The van der Waals surface area contributed by atoms with Gasteiger partial charge >= 0.3 is 11.9 Å². The second kappa shape index (κ2) is 11.7. The highest BCUT2D eigenvalue weighted by atomic mass is 16.5. The number of nitrogens with one attached hydrogen (secondary N) is 2. The van der Waals surface area contributed by atoms with Gasteiger partial charge < -0.3 is 30.9 Å². The van der Waals surface area contributed by atoms with Crippen molar-refractivity contribution in [2.24, 2.45) is 5.73 Å². The average Bonchev–Trinajstić information content (AvgIpc) is 3.32. The van der Waals surface area contributed by atoms with Crippen LogP contribution in [0.1, 0.15) is 50.2 Å². The lowest BCUT2D eigenvalue weighted by molar-refractivity contribution is -0.137. The molecule has 1 heterocycles. The monoisotopic (exact) mass is 530 g/mol. The number of anilines is 1. The van der Waals surface area contributed by atoms with E-state index >= 15 is 0 Å². The number of nitrogens with two attached hydrogens (primary N) is 1. The molecule has 0 atom stereocenters. The Labute approximate surface area is 225 Å². The summed E-state index contributed by atoms with van der Waals surface area (Å²) in [7, 11) is 1.46. The molecule has 39 heavy (non-hydrogen) atoms. The summed E-state index contributed by atoms with van der Waals surface area (Å²) < 4.78 is 5.23. The van der Waals surface area contributed by atoms with Crippen molar-refractivity contribution in [3.05, 3.63) is 82.4 Å². The SMILES string of the molecule is COc1ccc(-c2cc(C(=O)NCCCC(=O)O)ccc2CN2CCc3cc(C(=N)N)ccc32)c(C(=O)O)c1. The van der Waals surface area contributed by atoms with E-state index in [4.69, 9.17) is 21.0 Å². The topological polar surface area (TPSA) is 166 Å². The number of carboxylic acid groups (broad SMARTS) is 2. The second-order valence-electron chi connectivity index (χ2n) is 9.27. The van der Waals surface area contributed by atoms with E-state index in [1.165, 1.54) is 13.2 Å². The van der Waals surface area contributed by atoms with E-state index in [1.54, 1.807) is 24.3 Å². The minimum absolute atomic E-state index is 0.0102. The van der Waals surface area contributed by atoms with Crippen LogP contribution in [-0.2, 0) is 17.8 Å². The third kappa shape index (κ3) is 6.18. The zero-order valence-electron chi connectivity index (χ0n) is 21.5. The summed E-state index contributed by atoms with van der Waals surface area (Å²) in [6.07, 6.45) is 1.03. The number of nitrogens with zero attached hydrogens (tertiary/aromatic N) is 1. The molecule has 10 heteroatoms. The van der Waals surface area contributed by atoms with Gasteiger partial charge in [0.05, 0.1) is 12.7 Å². The summed E-state index contributed by atoms with van der Waals surface area (Å²) in [5.41, 5.74) is 10.7. The van der Waals surface area contributed by atoms with Crippen LogP contribution in [0.25, 0.3) is 11.1 Å². The molecular weight excluding hydrogens is 500 g/mol. The van der Waals surface area contributed by atoms with Crippen molar-refractivity contribution in [3.63, 3.8) is 0 Å². The number of hydrogen-bond acceptors (Lipinski definition) is 6. The zero-order chi connectivity index (χ0) is 28.1. The van der Waals surface area contributed by atoms with Gasteiger partial charge in [-0.05, 0) is 83.6 Å². The molecule has 3 aromatic carbocycles. The number of amidine groups is 1. The summed E-state index contributed by atoms with van der Waals surface area (Å²) in [6.45, 7) is 1.40. The van der Waals surface area contributed by atoms with Gasteiger partial charge in [-0.15, -0.1) is 0 Å². The standard InChI is InChI=1S/C29H30N4O6/c1-39-21-7-8-22(24(15-21)29(37)38)23-14-19(28(36)32-11-2-3-26(34)35)4-5-20(23)16-33-12-10-17-13-18(27(30)31)6-9-25(17)33/h4-9,13-15H,2-3,10-12,16H2,1H3,(H3,30,31)(H,32,36)(H,34,35)(H,37,38). The molecule has 0 saturated heterocycles. The van der Waals surface area contributed by atoms with Crippen LogP contribution in [0.5, 0.6) is 5.75 Å². The van der Waals surface area contributed by atoms with Crippen LogP contribution in [0.3, 0.4) is 0 Å². The van der Waals surface area contributed by atoms with E-state index in [0.29, 0.717) is 41.0 Å². The Bertz CT molecular complexity index is 1450. The van der Waals surface area contributed by atoms with Crippen molar-refractivity contribution in [2.75, 3.05) is 25.1 Å². The lowest BCUT2D eigenvalue weighted by atomic mass is 9.92. The molecule has 1 amide bonds. The van der Waals surface area contributed by atoms with Crippen LogP contribution in [0.15, 0.2) is 54.6 Å². The van der Waals surface area contributed by atoms with Gasteiger partial charge in [-0.2, -0.15) is 0 Å². The highest BCUT2D eigenvalue weighted by Crippen LogP contribution is 2.35. The van der Waals surface area contributed by atoms with E-state index in [-0.39, 0.29) is 30.3 Å². The Hall–Kier alpha value is -4.86. The number of hydrogen-bond donors (Lipinski definition) is 5. The molecule has 0 radical (unpaired) electrons. The minimum atomic E-state index is -1.12. The normalized spacial score (nSPS) is 12.1. The van der Waals surface area contributed by atoms with Crippen molar-refractivity contribution in [3.8, 4) is 16.9 Å². The molecule has 10 nitrogen and oxygen atoms in total. The molecule has 0 bridgehead atoms. The number of ether oxygens (including phenoxy) is 1. The number of rotatable bonds is 11. The number of carbonyl (C=O) groups is 3. The van der Waals surface area contributed by atoms with Crippen LogP contribution in [0.4, 0.5) is 5.69 Å². The fourth-order valence-electron chi connectivity index (χ4n) is 4.72. The highest BCUT2D eigenvalue weighted by Gasteiger charge is 2.23. The first-order valence-electron chi connectivity index (χ1n) is 12.4. The average molecular weight is 531 g/mol. The first kappa shape index (κ1) is 27.2. The highest BCUT2D eigenvalue weighted by molar-refractivity contribution is 6.00. The van der Waals surface area contributed by atoms with Gasteiger partial charge in [0.25, 0.3) is 5.91 Å². The molecule has 0 aromatic heterocycles. The predicted molar refractivity (Wildman–Crippen MR) is 147 cm³/mol. The maximum Gasteiger partial charge on any atom is 0.336 e. The van der Waals surface area contributed by atoms with Crippen molar-refractivity contribution >= 4 is 29.4 Å². The first-order valence-corrected chi connectivity index (χ1v) is 12.4. The van der Waals surface area contributed by atoms with Crippen LogP contribution >= 0.6 is 0 Å². The number of aromatic carboxylic acids is 1. The number of carbonyl (C=O) groups excluding carboxylic acids is 1. The van der Waals surface area contributed by atoms with E-state index in [1.807, 2.05) is 24.3 Å². The second-order valence-corrected chi connectivity index (χ2v) is 9.27. The molecule has 1 aliphatic rings. The molecule has 3 aromatic rings. The molecular formula is C29H30N4O6. The van der Waals surface area contributed by atoms with Crippen LogP contribution in [0.2, 0.25) is 0 Å². The fraction of sp³-hybridized carbons (Fsp3) is 0.241. The number of methoxy groups -OCH3 is 1. The van der Waals surface area contributed by atoms with Gasteiger partial charge in [0.15, 0.2) is 0 Å². The van der Waals surface area contributed by atoms with Gasteiger partial charge in [-0.1, -0.05) is 6.07 Å². The number of nitrogen functional groups attached to an aromatic ring is 1. The Morgan fingerprint density at radius 3 is 2.49 bits per heavy atom. The van der Waals surface area contributed by atoms with Gasteiger partial charge in [-0.25, -0.2) is 4.79 Å². The van der Waals surface area contributed by atoms with Crippen LogP contribution < -0.4 is 20.7 Å². The number of fused-ring (bicyclic) bond motifs is 1. The predicted octanol–water partition coefficient (Wildman–Crippen LogP) is 3.50. The summed E-state index contributed by atoms with van der Waals surface area (Å²) >= 11 is 0. The smallest absolute Gasteiger partial charge is 0.336 e. The van der Waals surface area contributed by atoms with Gasteiger partial charge in [0.2, 0.25) is 0 Å². The van der Waals surface area contributed by atoms with Gasteiger partial charge in [0, 0.05) is 42.9 Å². The molecule has 202 valence electrons. The van der Waals surface area contributed by atoms with Crippen molar-refractivity contribution < 1.29 is 29.3 Å². The number of benzene rings is 3. The van der Waals surface area contributed by atoms with Crippen molar-refractivity contribution in [1.29, 1.82) is 5.41 Å². The Balaban J connectivity index is 1.71. The van der Waals surface area contributed by atoms with E-state index in [9.17, 15) is 19.5 Å². The van der Waals surface area contributed by atoms with Gasteiger partial charge in [0.1, 0.15) is 11.6 Å². The van der Waals surface area contributed by atoms with Crippen molar-refractivity contribution in [2.45, 2.75) is 25.8 Å². The van der Waals surface area contributed by atoms with Crippen LogP contribution in [-0.4, -0.2) is 54.1 Å². The number of aliphatic carboxylic acids is 1. The number of amides is 1. The maximum absolute atomic E-state index is 12.9. The van der Waals surface area contributed by atoms with E-state index in [2.05, 4.69) is 10.2 Å². The molecule has 0 saturated carbocycles. The van der Waals surface area contributed by atoms with E-state index in [0.717, 1.165) is 29.8 Å². The van der Waals surface area contributed by atoms with Crippen molar-refractivity contribution in [1.82, 2.24) is 5.32 Å². The molecule has 0 unspecified atom stereocenters. The number of carboxylic acids is 2. The molecule has 0 aliphatic carbocycles. The molecule has 0 fully saturated rings. The Kier molecular flexibility index (Phi) is 8.14. The lowest BCUT2D eigenvalue weighted by Crippen LogP contribution is -2.25. The lowest BCUT2D eigenvalue weighted by Gasteiger charge is -2.23. The fourth-order valence-corrected chi connectivity index (χ4v) is 4.72. The summed E-state index contributed by atoms with van der Waals surface area (Å²) in [5.74, 6) is -2.02. The summed E-state index contributed by atoms with van der Waals surface area (Å²) in [5, 5.41) is 29.2. The minimum Gasteiger partial charge on any atom is -0.497 e. The van der Waals surface area contributed by atoms with Crippen LogP contribution in [0, 0.1) is 5.41 Å². The molecule has 6 N–H and O–H groups in total.